The molecule has 2 aliphatic rings. The molecule has 1 aromatic rings. The Morgan fingerprint density at radius 1 is 1.31 bits per heavy atom. The van der Waals surface area contributed by atoms with Crippen LogP contribution in [0, 0.1) is 12.8 Å². The summed E-state index contributed by atoms with van der Waals surface area (Å²) in [5.74, 6) is 2.02. The number of benzene rings is 1. The topological polar surface area (TPSA) is 63.7 Å². The standard InChI is InChI=1S/C20H29NO4S/c1-4-21(17-9-10-26(23,24)13-17)20(22)12-18(15-5-6-15)16-7-8-19(25-3)14(2)11-16/h7-8,11,15,17-18H,4-6,9-10,12-13H2,1-3H3. The van der Waals surface area contributed by atoms with Crippen LogP contribution in [0.3, 0.4) is 0 Å². The minimum absolute atomic E-state index is 0.0833. The fourth-order valence-corrected chi connectivity index (χ4v) is 5.88. The molecule has 1 amide bonds. The number of carbonyl (C=O) groups excluding carboxylic acids is 1. The molecule has 0 spiro atoms. The first-order valence-corrected chi connectivity index (χ1v) is 11.3. The first-order valence-electron chi connectivity index (χ1n) is 9.49. The molecule has 1 aliphatic heterocycles. The molecule has 2 fully saturated rings. The van der Waals surface area contributed by atoms with Gasteiger partial charge in [-0.1, -0.05) is 12.1 Å². The second kappa shape index (κ2) is 7.59. The summed E-state index contributed by atoms with van der Waals surface area (Å²) in [4.78, 5) is 14.8. The first-order chi connectivity index (χ1) is 12.3. The molecule has 2 atom stereocenters. The van der Waals surface area contributed by atoms with Crippen LogP contribution in [0.25, 0.3) is 0 Å². The average molecular weight is 380 g/mol. The quantitative estimate of drug-likeness (QED) is 0.731. The number of hydrogen-bond acceptors (Lipinski definition) is 4. The lowest BCUT2D eigenvalue weighted by molar-refractivity contribution is -0.133. The zero-order valence-electron chi connectivity index (χ0n) is 15.9. The van der Waals surface area contributed by atoms with E-state index >= 15 is 0 Å². The molecule has 0 radical (unpaired) electrons. The zero-order valence-corrected chi connectivity index (χ0v) is 16.7. The second-order valence-corrected chi connectivity index (χ2v) is 9.84. The molecule has 144 valence electrons. The number of nitrogens with zero attached hydrogens (tertiary/aromatic N) is 1. The number of aryl methyl sites for hydroxylation is 1. The van der Waals surface area contributed by atoms with Gasteiger partial charge >= 0.3 is 0 Å². The van der Waals surface area contributed by atoms with Crippen molar-refractivity contribution in [2.24, 2.45) is 5.92 Å². The number of rotatable bonds is 7. The summed E-state index contributed by atoms with van der Waals surface area (Å²) < 4.78 is 28.9. The molecule has 2 unspecified atom stereocenters. The summed E-state index contributed by atoms with van der Waals surface area (Å²) in [5, 5.41) is 0. The van der Waals surface area contributed by atoms with Crippen molar-refractivity contribution < 1.29 is 17.9 Å². The highest BCUT2D eigenvalue weighted by Crippen LogP contribution is 2.45. The van der Waals surface area contributed by atoms with Crippen LogP contribution in [0.15, 0.2) is 18.2 Å². The molecule has 0 aromatic heterocycles. The maximum Gasteiger partial charge on any atom is 0.223 e. The van der Waals surface area contributed by atoms with E-state index in [2.05, 4.69) is 12.1 Å². The number of carbonyl (C=O) groups is 1. The molecule has 1 aliphatic carbocycles. The van der Waals surface area contributed by atoms with Gasteiger partial charge in [-0.15, -0.1) is 0 Å². The molecule has 1 aromatic carbocycles. The summed E-state index contributed by atoms with van der Waals surface area (Å²) in [6.45, 7) is 4.53. The molecule has 6 heteroatoms. The fourth-order valence-electron chi connectivity index (χ4n) is 4.15. The summed E-state index contributed by atoms with van der Waals surface area (Å²) in [5.41, 5.74) is 2.27. The Morgan fingerprint density at radius 3 is 2.54 bits per heavy atom. The van der Waals surface area contributed by atoms with Crippen molar-refractivity contribution in [3.05, 3.63) is 29.3 Å². The number of methoxy groups -OCH3 is 1. The minimum Gasteiger partial charge on any atom is -0.496 e. The average Bonchev–Trinajstić information content (AvgIpc) is 3.37. The van der Waals surface area contributed by atoms with Crippen molar-refractivity contribution >= 4 is 15.7 Å². The monoisotopic (exact) mass is 379 g/mol. The van der Waals surface area contributed by atoms with E-state index in [0.717, 1.165) is 24.2 Å². The number of ether oxygens (including phenoxy) is 1. The van der Waals surface area contributed by atoms with E-state index in [9.17, 15) is 13.2 Å². The third-order valence-electron chi connectivity index (χ3n) is 5.74. The van der Waals surface area contributed by atoms with Gasteiger partial charge in [-0.05, 0) is 62.1 Å². The van der Waals surface area contributed by atoms with Gasteiger partial charge in [0.15, 0.2) is 9.84 Å². The number of sulfone groups is 1. The Balaban J connectivity index is 1.75. The maximum absolute atomic E-state index is 13.0. The van der Waals surface area contributed by atoms with Gasteiger partial charge in [-0.25, -0.2) is 8.42 Å². The van der Waals surface area contributed by atoms with Crippen molar-refractivity contribution in [1.29, 1.82) is 0 Å². The fraction of sp³-hybridized carbons (Fsp3) is 0.650. The van der Waals surface area contributed by atoms with Crippen molar-refractivity contribution in [3.8, 4) is 5.75 Å². The molecule has 1 saturated carbocycles. The molecular weight excluding hydrogens is 350 g/mol. The lowest BCUT2D eigenvalue weighted by Gasteiger charge is -2.29. The molecule has 1 heterocycles. The normalized spacial score (nSPS) is 22.8. The minimum atomic E-state index is -2.99. The summed E-state index contributed by atoms with van der Waals surface area (Å²) in [7, 11) is -1.32. The van der Waals surface area contributed by atoms with Crippen LogP contribution < -0.4 is 4.74 Å². The van der Waals surface area contributed by atoms with Crippen molar-refractivity contribution in [2.75, 3.05) is 25.2 Å². The van der Waals surface area contributed by atoms with Crippen molar-refractivity contribution in [2.45, 2.75) is 51.5 Å². The first kappa shape index (κ1) is 19.2. The Morgan fingerprint density at radius 2 is 2.04 bits per heavy atom. The van der Waals surface area contributed by atoms with Crippen LogP contribution in [0.1, 0.15) is 49.7 Å². The van der Waals surface area contributed by atoms with Crippen LogP contribution >= 0.6 is 0 Å². The van der Waals surface area contributed by atoms with Crippen molar-refractivity contribution in [1.82, 2.24) is 4.90 Å². The van der Waals surface area contributed by atoms with Gasteiger partial charge in [0, 0.05) is 19.0 Å². The number of hydrogen-bond donors (Lipinski definition) is 0. The van der Waals surface area contributed by atoms with Gasteiger partial charge in [0.1, 0.15) is 5.75 Å². The van der Waals surface area contributed by atoms with Crippen LogP contribution in [-0.4, -0.2) is 50.4 Å². The molecule has 1 saturated heterocycles. The van der Waals surface area contributed by atoms with Crippen LogP contribution in [-0.2, 0) is 14.6 Å². The van der Waals surface area contributed by atoms with Crippen molar-refractivity contribution in [3.63, 3.8) is 0 Å². The molecule has 0 N–H and O–H groups in total. The Labute approximate surface area is 156 Å². The SMILES string of the molecule is CCN(C(=O)CC(c1ccc(OC)c(C)c1)C1CC1)C1CCS(=O)(=O)C1. The molecule has 3 rings (SSSR count). The maximum atomic E-state index is 13.0. The third kappa shape index (κ3) is 4.22. The molecular formula is C20H29NO4S. The van der Waals surface area contributed by atoms with Gasteiger partial charge in [-0.3, -0.25) is 4.79 Å². The zero-order chi connectivity index (χ0) is 18.9. The lowest BCUT2D eigenvalue weighted by Crippen LogP contribution is -2.41. The Hall–Kier alpha value is -1.56. The summed E-state index contributed by atoms with van der Waals surface area (Å²) in [6, 6.07) is 6.02. The largest absolute Gasteiger partial charge is 0.496 e. The third-order valence-corrected chi connectivity index (χ3v) is 7.49. The lowest BCUT2D eigenvalue weighted by atomic mass is 9.89. The predicted molar refractivity (Wildman–Crippen MR) is 102 cm³/mol. The van der Waals surface area contributed by atoms with E-state index in [-0.39, 0.29) is 29.4 Å². The van der Waals surface area contributed by atoms with Gasteiger partial charge in [0.25, 0.3) is 0 Å². The predicted octanol–water partition coefficient (Wildman–Crippen LogP) is 2.92. The van der Waals surface area contributed by atoms with Crippen LogP contribution in [0.4, 0.5) is 0 Å². The highest BCUT2D eigenvalue weighted by atomic mass is 32.2. The van der Waals surface area contributed by atoms with Crippen LogP contribution in [0.2, 0.25) is 0 Å². The summed E-state index contributed by atoms with van der Waals surface area (Å²) in [6.07, 6.45) is 3.35. The molecule has 0 bridgehead atoms. The van der Waals surface area contributed by atoms with E-state index in [1.807, 2.05) is 19.9 Å². The highest BCUT2D eigenvalue weighted by Gasteiger charge is 2.38. The smallest absolute Gasteiger partial charge is 0.223 e. The molecule has 5 nitrogen and oxygen atoms in total. The van der Waals surface area contributed by atoms with E-state index in [4.69, 9.17) is 4.74 Å². The summed E-state index contributed by atoms with van der Waals surface area (Å²) >= 11 is 0. The van der Waals surface area contributed by atoms with Gasteiger partial charge < -0.3 is 9.64 Å². The van der Waals surface area contributed by atoms with E-state index in [1.165, 1.54) is 5.56 Å². The highest BCUT2D eigenvalue weighted by molar-refractivity contribution is 7.91. The van der Waals surface area contributed by atoms with E-state index < -0.39 is 9.84 Å². The van der Waals surface area contributed by atoms with Crippen LogP contribution in [0.5, 0.6) is 5.75 Å². The number of amides is 1. The second-order valence-electron chi connectivity index (χ2n) is 7.61. The van der Waals surface area contributed by atoms with Gasteiger partial charge in [-0.2, -0.15) is 0 Å². The van der Waals surface area contributed by atoms with Gasteiger partial charge in [0.05, 0.1) is 18.6 Å². The molecule has 26 heavy (non-hydrogen) atoms. The Bertz CT molecular complexity index is 770. The Kier molecular flexibility index (Phi) is 5.61. The van der Waals surface area contributed by atoms with E-state index in [1.54, 1.807) is 12.0 Å². The van der Waals surface area contributed by atoms with E-state index in [0.29, 0.717) is 25.3 Å². The van der Waals surface area contributed by atoms with Gasteiger partial charge in [0.2, 0.25) is 5.91 Å².